The molecule has 1 aromatic carbocycles. The Labute approximate surface area is 129 Å². The molecular weight excluding hydrogens is 262 g/mol. The van der Waals surface area contributed by atoms with Crippen LogP contribution in [0.4, 0.5) is 0 Å². The molecule has 21 heavy (non-hydrogen) atoms. The molecule has 1 atom stereocenters. The third-order valence-electron chi connectivity index (χ3n) is 3.85. The number of nitrogens with one attached hydrogen (secondary N) is 1. The molecule has 0 bridgehead atoms. The average molecular weight is 291 g/mol. The minimum Gasteiger partial charge on any atom is -0.490 e. The van der Waals surface area contributed by atoms with Gasteiger partial charge < -0.3 is 14.8 Å². The van der Waals surface area contributed by atoms with E-state index in [9.17, 15) is 0 Å². The fraction of sp³-hybridized carbons (Fsp3) is 0.667. The van der Waals surface area contributed by atoms with E-state index in [4.69, 9.17) is 9.47 Å². The third-order valence-corrected chi connectivity index (χ3v) is 3.85. The van der Waals surface area contributed by atoms with Crippen LogP contribution >= 0.6 is 0 Å². The summed E-state index contributed by atoms with van der Waals surface area (Å²) in [5, 5.41) is 3.67. The van der Waals surface area contributed by atoms with Crippen molar-refractivity contribution in [3.05, 3.63) is 23.8 Å². The molecule has 0 fully saturated rings. The highest BCUT2D eigenvalue weighted by Gasteiger charge is 2.16. The number of hydrogen-bond acceptors (Lipinski definition) is 3. The van der Waals surface area contributed by atoms with E-state index in [1.165, 1.54) is 12.0 Å². The molecule has 0 saturated carbocycles. The molecule has 2 rings (SSSR count). The van der Waals surface area contributed by atoms with Crippen LogP contribution in [0.25, 0.3) is 0 Å². The summed E-state index contributed by atoms with van der Waals surface area (Å²) in [5.41, 5.74) is 1.31. The summed E-state index contributed by atoms with van der Waals surface area (Å²) in [7, 11) is 0. The molecule has 3 heteroatoms. The van der Waals surface area contributed by atoms with Crippen molar-refractivity contribution in [1.82, 2.24) is 5.32 Å². The Morgan fingerprint density at radius 3 is 2.57 bits per heavy atom. The van der Waals surface area contributed by atoms with E-state index in [-0.39, 0.29) is 0 Å². The lowest BCUT2D eigenvalue weighted by Crippen LogP contribution is -2.22. The van der Waals surface area contributed by atoms with Crippen LogP contribution in [0.2, 0.25) is 0 Å². The van der Waals surface area contributed by atoms with E-state index in [1.54, 1.807) is 0 Å². The lowest BCUT2D eigenvalue weighted by atomic mass is 9.97. The van der Waals surface area contributed by atoms with Gasteiger partial charge in [-0.25, -0.2) is 0 Å². The van der Waals surface area contributed by atoms with E-state index in [2.05, 4.69) is 44.3 Å². The smallest absolute Gasteiger partial charge is 0.161 e. The van der Waals surface area contributed by atoms with Gasteiger partial charge in [0.05, 0.1) is 13.2 Å². The summed E-state index contributed by atoms with van der Waals surface area (Å²) in [5.74, 6) is 2.52. The summed E-state index contributed by atoms with van der Waals surface area (Å²) < 4.78 is 11.5. The minimum atomic E-state index is 0.407. The Morgan fingerprint density at radius 1 is 1.10 bits per heavy atom. The molecular formula is C18H29NO2. The van der Waals surface area contributed by atoms with Gasteiger partial charge >= 0.3 is 0 Å². The first-order valence-corrected chi connectivity index (χ1v) is 8.33. The average Bonchev–Trinajstić information content (AvgIpc) is 2.71. The Balaban J connectivity index is 2.12. The summed E-state index contributed by atoms with van der Waals surface area (Å²) >= 11 is 0. The molecule has 1 N–H and O–H groups in total. The van der Waals surface area contributed by atoms with Crippen LogP contribution in [0.15, 0.2) is 18.2 Å². The van der Waals surface area contributed by atoms with Crippen LogP contribution in [0.3, 0.4) is 0 Å². The molecule has 1 aromatic rings. The van der Waals surface area contributed by atoms with Gasteiger partial charge in [-0.1, -0.05) is 26.8 Å². The van der Waals surface area contributed by atoms with Crippen molar-refractivity contribution in [2.75, 3.05) is 19.8 Å². The van der Waals surface area contributed by atoms with Crippen LogP contribution in [-0.2, 0) is 0 Å². The second-order valence-corrected chi connectivity index (χ2v) is 6.23. The van der Waals surface area contributed by atoms with Gasteiger partial charge in [-0.15, -0.1) is 0 Å². The van der Waals surface area contributed by atoms with Crippen LogP contribution in [-0.4, -0.2) is 19.8 Å². The molecule has 118 valence electrons. The normalized spacial score (nSPS) is 15.8. The first-order chi connectivity index (χ1) is 10.2. The van der Waals surface area contributed by atoms with Crippen LogP contribution < -0.4 is 14.8 Å². The van der Waals surface area contributed by atoms with Crippen molar-refractivity contribution in [1.29, 1.82) is 0 Å². The van der Waals surface area contributed by atoms with Crippen molar-refractivity contribution in [2.24, 2.45) is 5.92 Å². The third kappa shape index (κ3) is 4.92. The van der Waals surface area contributed by atoms with E-state index in [0.717, 1.165) is 56.4 Å². The molecule has 1 aliphatic rings. The lowest BCUT2D eigenvalue weighted by Gasteiger charge is -2.21. The van der Waals surface area contributed by atoms with Crippen LogP contribution in [0.1, 0.15) is 58.1 Å². The molecule has 0 saturated heterocycles. The van der Waals surface area contributed by atoms with Gasteiger partial charge in [-0.2, -0.15) is 0 Å². The van der Waals surface area contributed by atoms with Gasteiger partial charge in [0.1, 0.15) is 0 Å². The molecule has 0 aliphatic carbocycles. The van der Waals surface area contributed by atoms with Gasteiger partial charge in [0, 0.05) is 12.5 Å². The standard InChI is InChI=1S/C18H29NO2/c1-4-10-19-16(8-6-14(2)3)15-7-9-17-18(13-15)21-12-5-11-20-17/h7,9,13-14,16,19H,4-6,8,10-12H2,1-3H3. The predicted octanol–water partition coefficient (Wildman–Crippen LogP) is 4.32. The highest BCUT2D eigenvalue weighted by atomic mass is 16.5. The van der Waals surface area contributed by atoms with Crippen molar-refractivity contribution in [2.45, 2.75) is 52.5 Å². The monoisotopic (exact) mass is 291 g/mol. The summed E-state index contributed by atoms with van der Waals surface area (Å²) in [6, 6.07) is 6.81. The topological polar surface area (TPSA) is 30.5 Å². The molecule has 1 heterocycles. The van der Waals surface area contributed by atoms with Crippen molar-refractivity contribution in [3.8, 4) is 11.5 Å². The Hall–Kier alpha value is -1.22. The number of benzene rings is 1. The molecule has 0 spiro atoms. The number of hydrogen-bond donors (Lipinski definition) is 1. The van der Waals surface area contributed by atoms with Crippen molar-refractivity contribution < 1.29 is 9.47 Å². The van der Waals surface area contributed by atoms with Gasteiger partial charge in [-0.05, 0) is 49.4 Å². The molecule has 0 amide bonds. The lowest BCUT2D eigenvalue weighted by molar-refractivity contribution is 0.297. The molecule has 3 nitrogen and oxygen atoms in total. The molecule has 1 aliphatic heterocycles. The second kappa shape index (κ2) is 8.28. The van der Waals surface area contributed by atoms with Gasteiger partial charge in [0.15, 0.2) is 11.5 Å². The van der Waals surface area contributed by atoms with Gasteiger partial charge in [0.2, 0.25) is 0 Å². The highest BCUT2D eigenvalue weighted by molar-refractivity contribution is 5.44. The summed E-state index contributed by atoms with van der Waals surface area (Å²) in [6.45, 7) is 9.32. The van der Waals surface area contributed by atoms with E-state index in [0.29, 0.717) is 6.04 Å². The zero-order valence-corrected chi connectivity index (χ0v) is 13.7. The van der Waals surface area contributed by atoms with E-state index in [1.807, 2.05) is 0 Å². The highest BCUT2D eigenvalue weighted by Crippen LogP contribution is 2.33. The number of rotatable bonds is 7. The maximum atomic E-state index is 5.82. The first kappa shape index (κ1) is 16.2. The summed E-state index contributed by atoms with van der Waals surface area (Å²) in [4.78, 5) is 0. The first-order valence-electron chi connectivity index (χ1n) is 8.33. The SMILES string of the molecule is CCCNC(CCC(C)C)c1ccc2c(c1)OCCCO2. The van der Waals surface area contributed by atoms with Crippen molar-refractivity contribution in [3.63, 3.8) is 0 Å². The fourth-order valence-corrected chi connectivity index (χ4v) is 2.60. The maximum Gasteiger partial charge on any atom is 0.161 e. The second-order valence-electron chi connectivity index (χ2n) is 6.23. The maximum absolute atomic E-state index is 5.82. The number of ether oxygens (including phenoxy) is 2. The number of fused-ring (bicyclic) bond motifs is 1. The fourth-order valence-electron chi connectivity index (χ4n) is 2.60. The Bertz CT molecular complexity index is 431. The summed E-state index contributed by atoms with van der Waals surface area (Å²) in [6.07, 6.45) is 4.50. The Morgan fingerprint density at radius 2 is 1.86 bits per heavy atom. The van der Waals surface area contributed by atoms with Gasteiger partial charge in [0.25, 0.3) is 0 Å². The predicted molar refractivity (Wildman–Crippen MR) is 87.2 cm³/mol. The van der Waals surface area contributed by atoms with Gasteiger partial charge in [-0.3, -0.25) is 0 Å². The zero-order chi connectivity index (χ0) is 15.1. The minimum absolute atomic E-state index is 0.407. The zero-order valence-electron chi connectivity index (χ0n) is 13.7. The van der Waals surface area contributed by atoms with Crippen LogP contribution in [0.5, 0.6) is 11.5 Å². The Kier molecular flexibility index (Phi) is 6.37. The molecule has 0 aromatic heterocycles. The van der Waals surface area contributed by atoms with E-state index < -0.39 is 0 Å². The van der Waals surface area contributed by atoms with Crippen LogP contribution in [0, 0.1) is 5.92 Å². The van der Waals surface area contributed by atoms with E-state index >= 15 is 0 Å². The van der Waals surface area contributed by atoms with Crippen molar-refractivity contribution >= 4 is 0 Å². The molecule has 0 radical (unpaired) electrons. The quantitative estimate of drug-likeness (QED) is 0.811. The molecule has 1 unspecified atom stereocenters. The largest absolute Gasteiger partial charge is 0.490 e.